The molecule has 0 aliphatic carbocycles. The van der Waals surface area contributed by atoms with Gasteiger partial charge in [0.2, 0.25) is 5.91 Å². The van der Waals surface area contributed by atoms with Gasteiger partial charge in [0.15, 0.2) is 0 Å². The Hall–Kier alpha value is -0.870. The highest BCUT2D eigenvalue weighted by molar-refractivity contribution is 9.10. The minimum atomic E-state index is -0.276. The molecule has 0 heterocycles. The van der Waals surface area contributed by atoms with Crippen LogP contribution in [-0.4, -0.2) is 29.9 Å². The quantitative estimate of drug-likeness (QED) is 0.873. The number of hydrogen-bond acceptors (Lipinski definition) is 2. The smallest absolute Gasteiger partial charge is 0.222 e. The van der Waals surface area contributed by atoms with E-state index in [0.717, 1.165) is 17.4 Å². The average molecular weight is 327 g/mol. The van der Waals surface area contributed by atoms with Gasteiger partial charge in [-0.2, -0.15) is 0 Å². The van der Waals surface area contributed by atoms with E-state index in [0.29, 0.717) is 12.8 Å². The highest BCUT2D eigenvalue weighted by Crippen LogP contribution is 2.12. The lowest BCUT2D eigenvalue weighted by atomic mass is 10.00. The highest BCUT2D eigenvalue weighted by Gasteiger charge is 2.15. The maximum Gasteiger partial charge on any atom is 0.222 e. The summed E-state index contributed by atoms with van der Waals surface area (Å²) < 4.78 is 1.07. The first kappa shape index (κ1) is 16.2. The topological polar surface area (TPSA) is 46.3 Å². The van der Waals surface area contributed by atoms with Gasteiger partial charge in [-0.25, -0.2) is 0 Å². The fourth-order valence-corrected chi connectivity index (χ4v) is 1.96. The van der Waals surface area contributed by atoms with Gasteiger partial charge in [-0.15, -0.1) is 0 Å². The average Bonchev–Trinajstić information content (AvgIpc) is 2.34. The van der Waals surface area contributed by atoms with E-state index >= 15 is 0 Å². The van der Waals surface area contributed by atoms with E-state index in [4.69, 9.17) is 5.73 Å². The van der Waals surface area contributed by atoms with E-state index in [-0.39, 0.29) is 11.4 Å². The molecule has 0 fully saturated rings. The summed E-state index contributed by atoms with van der Waals surface area (Å²) in [5.74, 6) is 0.163. The Balaban J connectivity index is 2.36. The van der Waals surface area contributed by atoms with Crippen molar-refractivity contribution in [2.75, 3.05) is 13.6 Å². The van der Waals surface area contributed by atoms with E-state index in [1.54, 1.807) is 4.90 Å². The summed E-state index contributed by atoms with van der Waals surface area (Å²) in [7, 11) is 1.85. The van der Waals surface area contributed by atoms with Crippen molar-refractivity contribution in [1.82, 2.24) is 4.90 Å². The molecular weight excluding hydrogens is 304 g/mol. The maximum absolute atomic E-state index is 11.9. The monoisotopic (exact) mass is 326 g/mol. The van der Waals surface area contributed by atoms with Crippen molar-refractivity contribution >= 4 is 21.8 Å². The van der Waals surface area contributed by atoms with Crippen LogP contribution in [0.15, 0.2) is 28.7 Å². The predicted molar refractivity (Wildman–Crippen MR) is 83.0 cm³/mol. The Morgan fingerprint density at radius 3 is 2.42 bits per heavy atom. The molecule has 1 amide bonds. The molecule has 0 saturated heterocycles. The molecule has 106 valence electrons. The lowest BCUT2D eigenvalue weighted by molar-refractivity contribution is -0.130. The largest absolute Gasteiger partial charge is 0.345 e. The number of amides is 1. The number of hydrogen-bond donors (Lipinski definition) is 1. The van der Waals surface area contributed by atoms with E-state index in [2.05, 4.69) is 28.1 Å². The number of benzene rings is 1. The molecule has 0 unspecified atom stereocenters. The van der Waals surface area contributed by atoms with Gasteiger partial charge in [-0.1, -0.05) is 28.1 Å². The zero-order valence-corrected chi connectivity index (χ0v) is 13.5. The minimum absolute atomic E-state index is 0.163. The number of rotatable bonds is 6. The van der Waals surface area contributed by atoms with Crippen molar-refractivity contribution in [2.24, 2.45) is 5.73 Å². The number of carbonyl (C=O) groups excluding carboxylic acids is 1. The molecule has 1 aromatic carbocycles. The second-order valence-electron chi connectivity index (χ2n) is 5.68. The van der Waals surface area contributed by atoms with Crippen molar-refractivity contribution in [1.29, 1.82) is 0 Å². The Bertz CT molecular complexity index is 409. The van der Waals surface area contributed by atoms with Crippen LogP contribution in [0.1, 0.15) is 32.3 Å². The summed E-state index contributed by atoms with van der Waals surface area (Å²) in [4.78, 5) is 13.7. The van der Waals surface area contributed by atoms with Gasteiger partial charge in [-0.3, -0.25) is 4.79 Å². The Kier molecular flexibility index (Phi) is 6.01. The summed E-state index contributed by atoms with van der Waals surface area (Å²) in [6.07, 6.45) is 2.11. The Labute approximate surface area is 124 Å². The summed E-state index contributed by atoms with van der Waals surface area (Å²) in [5.41, 5.74) is 6.85. The third-order valence-electron chi connectivity index (χ3n) is 3.06. The summed E-state index contributed by atoms with van der Waals surface area (Å²) in [5, 5.41) is 0. The summed E-state index contributed by atoms with van der Waals surface area (Å²) in [6, 6.07) is 8.19. The molecule has 0 aliphatic heterocycles. The molecule has 1 rings (SSSR count). The molecule has 0 aromatic heterocycles. The van der Waals surface area contributed by atoms with Crippen LogP contribution >= 0.6 is 15.9 Å². The molecule has 0 saturated carbocycles. The first-order valence-corrected chi connectivity index (χ1v) is 7.34. The molecule has 19 heavy (non-hydrogen) atoms. The third kappa shape index (κ3) is 6.73. The molecular formula is C15H23BrN2O. The van der Waals surface area contributed by atoms with Crippen molar-refractivity contribution < 1.29 is 4.79 Å². The molecule has 0 bridgehead atoms. The standard InChI is InChI=1S/C15H23BrN2O/c1-15(2,17)10-8-14(19)18(3)11-9-12-4-6-13(16)7-5-12/h4-7H,8-11,17H2,1-3H3. The number of nitrogens with two attached hydrogens (primary N) is 1. The van der Waals surface area contributed by atoms with Gasteiger partial charge in [-0.05, 0) is 44.4 Å². The fourth-order valence-electron chi connectivity index (χ4n) is 1.69. The molecule has 2 N–H and O–H groups in total. The molecule has 1 aromatic rings. The summed E-state index contributed by atoms with van der Waals surface area (Å²) >= 11 is 3.41. The number of nitrogens with zero attached hydrogens (tertiary/aromatic N) is 1. The van der Waals surface area contributed by atoms with Crippen molar-refractivity contribution in [2.45, 2.75) is 38.6 Å². The van der Waals surface area contributed by atoms with Crippen LogP contribution in [0.5, 0.6) is 0 Å². The van der Waals surface area contributed by atoms with Crippen molar-refractivity contribution in [3.8, 4) is 0 Å². The van der Waals surface area contributed by atoms with Crippen LogP contribution < -0.4 is 5.73 Å². The fraction of sp³-hybridized carbons (Fsp3) is 0.533. The predicted octanol–water partition coefficient (Wildman–Crippen LogP) is 2.97. The molecule has 0 aliphatic rings. The highest BCUT2D eigenvalue weighted by atomic mass is 79.9. The first-order valence-electron chi connectivity index (χ1n) is 6.55. The van der Waals surface area contributed by atoms with Gasteiger partial charge in [0, 0.05) is 30.0 Å². The lowest BCUT2D eigenvalue weighted by Crippen LogP contribution is -2.35. The molecule has 0 radical (unpaired) electrons. The molecule has 4 heteroatoms. The normalized spacial score (nSPS) is 11.4. The van der Waals surface area contributed by atoms with Gasteiger partial charge < -0.3 is 10.6 Å². The van der Waals surface area contributed by atoms with E-state index in [9.17, 15) is 4.79 Å². The molecule has 3 nitrogen and oxygen atoms in total. The number of halogens is 1. The lowest BCUT2D eigenvalue weighted by Gasteiger charge is -2.21. The number of likely N-dealkylation sites (N-methyl/N-ethyl adjacent to an activating group) is 1. The zero-order chi connectivity index (χ0) is 14.5. The first-order chi connectivity index (χ1) is 8.78. The van der Waals surface area contributed by atoms with Crippen molar-refractivity contribution in [3.05, 3.63) is 34.3 Å². The number of carbonyl (C=O) groups is 1. The molecule has 0 spiro atoms. The Morgan fingerprint density at radius 2 is 1.89 bits per heavy atom. The zero-order valence-electron chi connectivity index (χ0n) is 11.9. The van der Waals surface area contributed by atoms with E-state index in [1.165, 1.54) is 5.56 Å². The third-order valence-corrected chi connectivity index (χ3v) is 3.59. The van der Waals surface area contributed by atoms with Crippen LogP contribution in [0.25, 0.3) is 0 Å². The van der Waals surface area contributed by atoms with Gasteiger partial charge in [0.25, 0.3) is 0 Å². The molecule has 0 atom stereocenters. The van der Waals surface area contributed by atoms with Crippen LogP contribution in [0.4, 0.5) is 0 Å². The maximum atomic E-state index is 11.9. The SMILES string of the molecule is CN(CCc1ccc(Br)cc1)C(=O)CCC(C)(C)N. The van der Waals surface area contributed by atoms with Gasteiger partial charge >= 0.3 is 0 Å². The van der Waals surface area contributed by atoms with Gasteiger partial charge in [0.05, 0.1) is 0 Å². The van der Waals surface area contributed by atoms with E-state index in [1.807, 2.05) is 33.0 Å². The van der Waals surface area contributed by atoms with Crippen LogP contribution in [0.3, 0.4) is 0 Å². The van der Waals surface area contributed by atoms with Crippen LogP contribution in [-0.2, 0) is 11.2 Å². The second-order valence-corrected chi connectivity index (χ2v) is 6.60. The van der Waals surface area contributed by atoms with Gasteiger partial charge in [0.1, 0.15) is 0 Å². The van der Waals surface area contributed by atoms with Crippen molar-refractivity contribution in [3.63, 3.8) is 0 Å². The van der Waals surface area contributed by atoms with Crippen LogP contribution in [0, 0.1) is 0 Å². The van der Waals surface area contributed by atoms with Crippen LogP contribution in [0.2, 0.25) is 0 Å². The van der Waals surface area contributed by atoms with E-state index < -0.39 is 0 Å². The Morgan fingerprint density at radius 1 is 1.32 bits per heavy atom. The summed E-state index contributed by atoms with van der Waals surface area (Å²) in [6.45, 7) is 4.63. The second kappa shape index (κ2) is 7.06. The minimum Gasteiger partial charge on any atom is -0.345 e.